The molecule has 1 rings (SSSR count). The van der Waals surface area contributed by atoms with Crippen molar-refractivity contribution >= 4 is 5.84 Å². The number of nitrogens with two attached hydrogens (primary N) is 1. The lowest BCUT2D eigenvalue weighted by Gasteiger charge is -2.11. The molecule has 100 valence electrons. The summed E-state index contributed by atoms with van der Waals surface area (Å²) in [6.07, 6.45) is 2.49. The van der Waals surface area contributed by atoms with Crippen LogP contribution >= 0.6 is 0 Å². The molecule has 3 N–H and O–H groups in total. The van der Waals surface area contributed by atoms with Gasteiger partial charge in [-0.05, 0) is 44.6 Å². The third-order valence-electron chi connectivity index (χ3n) is 2.51. The molecule has 1 aromatic carbocycles. The van der Waals surface area contributed by atoms with E-state index in [0.29, 0.717) is 13.0 Å². The van der Waals surface area contributed by atoms with Crippen LogP contribution in [0.4, 0.5) is 0 Å². The molecule has 0 aliphatic rings. The molecule has 0 aliphatic carbocycles. The van der Waals surface area contributed by atoms with Crippen molar-refractivity contribution in [1.29, 1.82) is 5.41 Å². The Labute approximate surface area is 109 Å². The topological polar surface area (TPSA) is 62.3 Å². The van der Waals surface area contributed by atoms with Crippen molar-refractivity contribution in [3.8, 4) is 5.75 Å². The SMILES string of the molecule is CN(C)Cc1cccc(OCCCCC(=N)N)c1. The maximum atomic E-state index is 7.12. The molecule has 0 atom stereocenters. The zero-order valence-electron chi connectivity index (χ0n) is 11.3. The Hall–Kier alpha value is -1.55. The molecule has 0 spiro atoms. The molecule has 18 heavy (non-hydrogen) atoms. The molecule has 0 saturated heterocycles. The first kappa shape index (κ1) is 14.5. The first-order chi connectivity index (χ1) is 8.58. The monoisotopic (exact) mass is 249 g/mol. The number of unbranched alkanes of at least 4 members (excludes halogenated alkanes) is 1. The lowest BCUT2D eigenvalue weighted by atomic mass is 10.2. The summed E-state index contributed by atoms with van der Waals surface area (Å²) in [5.74, 6) is 1.17. The van der Waals surface area contributed by atoms with Gasteiger partial charge in [0.15, 0.2) is 0 Å². The van der Waals surface area contributed by atoms with Gasteiger partial charge in [0.05, 0.1) is 12.4 Å². The summed E-state index contributed by atoms with van der Waals surface area (Å²) < 4.78 is 5.68. The van der Waals surface area contributed by atoms with Crippen LogP contribution in [0.2, 0.25) is 0 Å². The molecule has 0 radical (unpaired) electrons. The minimum absolute atomic E-state index is 0.253. The van der Waals surface area contributed by atoms with E-state index in [1.807, 2.05) is 12.1 Å². The standard InChI is InChI=1S/C14H23N3O/c1-17(2)11-12-6-5-7-13(10-12)18-9-4-3-8-14(15)16/h5-7,10H,3-4,8-9,11H2,1-2H3,(H3,15,16). The highest BCUT2D eigenvalue weighted by Gasteiger charge is 1.99. The second-order valence-corrected chi connectivity index (χ2v) is 4.72. The van der Waals surface area contributed by atoms with Crippen molar-refractivity contribution in [1.82, 2.24) is 4.90 Å². The van der Waals surface area contributed by atoms with Gasteiger partial charge in [0, 0.05) is 13.0 Å². The average molecular weight is 249 g/mol. The number of hydrogen-bond donors (Lipinski definition) is 2. The molecule has 0 heterocycles. The van der Waals surface area contributed by atoms with Crippen LogP contribution < -0.4 is 10.5 Å². The Bertz CT molecular complexity index is 377. The average Bonchev–Trinajstić information content (AvgIpc) is 2.27. The quantitative estimate of drug-likeness (QED) is 0.422. The minimum atomic E-state index is 0.253. The Kier molecular flexibility index (Phi) is 6.22. The van der Waals surface area contributed by atoms with E-state index in [9.17, 15) is 0 Å². The maximum Gasteiger partial charge on any atom is 0.119 e. The van der Waals surface area contributed by atoms with E-state index in [-0.39, 0.29) is 5.84 Å². The van der Waals surface area contributed by atoms with Crippen LogP contribution in [-0.2, 0) is 6.54 Å². The maximum absolute atomic E-state index is 7.12. The molecule has 0 aliphatic heterocycles. The number of hydrogen-bond acceptors (Lipinski definition) is 3. The first-order valence-corrected chi connectivity index (χ1v) is 6.27. The fourth-order valence-corrected chi connectivity index (χ4v) is 1.71. The van der Waals surface area contributed by atoms with Crippen molar-refractivity contribution in [2.24, 2.45) is 5.73 Å². The van der Waals surface area contributed by atoms with Crippen LogP contribution in [0.25, 0.3) is 0 Å². The fourth-order valence-electron chi connectivity index (χ4n) is 1.71. The van der Waals surface area contributed by atoms with E-state index in [1.54, 1.807) is 0 Å². The van der Waals surface area contributed by atoms with Gasteiger partial charge in [0.1, 0.15) is 5.75 Å². The van der Waals surface area contributed by atoms with Crippen LogP contribution in [0, 0.1) is 5.41 Å². The van der Waals surface area contributed by atoms with Crippen LogP contribution in [0.1, 0.15) is 24.8 Å². The number of ether oxygens (including phenoxy) is 1. The number of nitrogens with zero attached hydrogens (tertiary/aromatic N) is 1. The van der Waals surface area contributed by atoms with Gasteiger partial charge in [0.2, 0.25) is 0 Å². The highest BCUT2D eigenvalue weighted by molar-refractivity contribution is 5.76. The summed E-state index contributed by atoms with van der Waals surface area (Å²) in [5.41, 5.74) is 6.54. The second kappa shape index (κ2) is 7.71. The molecule has 1 aromatic rings. The molecule has 0 amide bonds. The highest BCUT2D eigenvalue weighted by Crippen LogP contribution is 2.14. The Morgan fingerprint density at radius 1 is 1.33 bits per heavy atom. The highest BCUT2D eigenvalue weighted by atomic mass is 16.5. The predicted octanol–water partition coefficient (Wildman–Crippen LogP) is 2.23. The van der Waals surface area contributed by atoms with E-state index in [4.69, 9.17) is 15.9 Å². The van der Waals surface area contributed by atoms with Crippen LogP contribution in [0.3, 0.4) is 0 Å². The van der Waals surface area contributed by atoms with Crippen molar-refractivity contribution in [2.75, 3.05) is 20.7 Å². The smallest absolute Gasteiger partial charge is 0.119 e. The lowest BCUT2D eigenvalue weighted by molar-refractivity contribution is 0.307. The van der Waals surface area contributed by atoms with Gasteiger partial charge in [-0.15, -0.1) is 0 Å². The number of amidine groups is 1. The number of nitrogens with one attached hydrogen (secondary N) is 1. The second-order valence-electron chi connectivity index (χ2n) is 4.72. The van der Waals surface area contributed by atoms with Crippen LogP contribution in [0.15, 0.2) is 24.3 Å². The van der Waals surface area contributed by atoms with Gasteiger partial charge in [-0.2, -0.15) is 0 Å². The summed E-state index contributed by atoms with van der Waals surface area (Å²) in [6, 6.07) is 8.17. The predicted molar refractivity (Wildman–Crippen MR) is 75.1 cm³/mol. The minimum Gasteiger partial charge on any atom is -0.494 e. The third-order valence-corrected chi connectivity index (χ3v) is 2.51. The van der Waals surface area contributed by atoms with E-state index in [1.165, 1.54) is 5.56 Å². The molecule has 0 saturated carbocycles. The molecule has 0 unspecified atom stereocenters. The van der Waals surface area contributed by atoms with E-state index >= 15 is 0 Å². The summed E-state index contributed by atoms with van der Waals surface area (Å²) >= 11 is 0. The molecule has 0 aromatic heterocycles. The summed E-state index contributed by atoms with van der Waals surface area (Å²) in [5, 5.41) is 7.12. The van der Waals surface area contributed by atoms with Crippen LogP contribution in [-0.4, -0.2) is 31.4 Å². The normalized spacial score (nSPS) is 10.6. The van der Waals surface area contributed by atoms with Crippen molar-refractivity contribution in [3.63, 3.8) is 0 Å². The summed E-state index contributed by atoms with van der Waals surface area (Å²) in [6.45, 7) is 1.60. The Morgan fingerprint density at radius 2 is 2.11 bits per heavy atom. The molecule has 0 bridgehead atoms. The molecular formula is C14H23N3O. The molecule has 4 heteroatoms. The largest absolute Gasteiger partial charge is 0.494 e. The van der Waals surface area contributed by atoms with Gasteiger partial charge >= 0.3 is 0 Å². The zero-order chi connectivity index (χ0) is 13.4. The molecule has 0 fully saturated rings. The summed E-state index contributed by atoms with van der Waals surface area (Å²) in [4.78, 5) is 2.13. The van der Waals surface area contributed by atoms with Crippen LogP contribution in [0.5, 0.6) is 5.75 Å². The Morgan fingerprint density at radius 3 is 2.78 bits per heavy atom. The van der Waals surface area contributed by atoms with Gasteiger partial charge in [-0.25, -0.2) is 0 Å². The zero-order valence-corrected chi connectivity index (χ0v) is 11.3. The molecule has 4 nitrogen and oxygen atoms in total. The Balaban J connectivity index is 2.31. The van der Waals surface area contributed by atoms with Gasteiger partial charge in [-0.3, -0.25) is 5.41 Å². The van der Waals surface area contributed by atoms with E-state index < -0.39 is 0 Å². The fraction of sp³-hybridized carbons (Fsp3) is 0.500. The summed E-state index contributed by atoms with van der Waals surface area (Å²) in [7, 11) is 4.10. The number of rotatable bonds is 8. The number of benzene rings is 1. The lowest BCUT2D eigenvalue weighted by Crippen LogP contribution is -2.11. The van der Waals surface area contributed by atoms with Gasteiger partial charge in [0.25, 0.3) is 0 Å². The third kappa shape index (κ3) is 6.25. The molecular weight excluding hydrogens is 226 g/mol. The van der Waals surface area contributed by atoms with E-state index in [2.05, 4.69) is 31.1 Å². The van der Waals surface area contributed by atoms with Crippen molar-refractivity contribution < 1.29 is 4.74 Å². The van der Waals surface area contributed by atoms with Crippen molar-refractivity contribution in [3.05, 3.63) is 29.8 Å². The van der Waals surface area contributed by atoms with Gasteiger partial charge in [-0.1, -0.05) is 12.1 Å². The van der Waals surface area contributed by atoms with E-state index in [0.717, 1.165) is 25.1 Å². The van der Waals surface area contributed by atoms with Gasteiger partial charge < -0.3 is 15.4 Å². The van der Waals surface area contributed by atoms with Crippen molar-refractivity contribution in [2.45, 2.75) is 25.8 Å². The first-order valence-electron chi connectivity index (χ1n) is 6.27.